The van der Waals surface area contributed by atoms with Gasteiger partial charge in [-0.2, -0.15) is 0 Å². The first-order valence-electron chi connectivity index (χ1n) is 7.69. The highest BCUT2D eigenvalue weighted by molar-refractivity contribution is 5.85. The summed E-state index contributed by atoms with van der Waals surface area (Å²) in [5.74, 6) is 1.35. The molecule has 0 bridgehead atoms. The Morgan fingerprint density at radius 2 is 1.67 bits per heavy atom. The van der Waals surface area contributed by atoms with E-state index in [2.05, 4.69) is 25.8 Å². The minimum Gasteiger partial charge on any atom is -0.298 e. The summed E-state index contributed by atoms with van der Waals surface area (Å²) >= 11 is 0. The third-order valence-electron chi connectivity index (χ3n) is 4.48. The average molecular weight is 253 g/mol. The molecule has 0 aliphatic heterocycles. The minimum absolute atomic E-state index is 0.132. The van der Waals surface area contributed by atoms with E-state index in [9.17, 15) is 4.79 Å². The van der Waals surface area contributed by atoms with Crippen LogP contribution in [0.5, 0.6) is 0 Å². The van der Waals surface area contributed by atoms with Gasteiger partial charge in [0.15, 0.2) is 5.78 Å². The topological polar surface area (TPSA) is 20.3 Å². The molecule has 1 fully saturated rings. The fraction of sp³-hybridized carbons (Fsp3) is 0.938. The van der Waals surface area contributed by atoms with Crippen molar-refractivity contribution in [3.05, 3.63) is 0 Å². The molecule has 0 heterocycles. The molecule has 1 saturated carbocycles. The van der Waals surface area contributed by atoms with Gasteiger partial charge in [-0.15, -0.1) is 0 Å². The van der Waals surface area contributed by atoms with Crippen LogP contribution in [-0.2, 0) is 4.79 Å². The van der Waals surface area contributed by atoms with Crippen molar-refractivity contribution in [1.82, 2.24) is 4.90 Å². The molecule has 0 radical (unpaired) electrons. The number of hydrogen-bond acceptors (Lipinski definition) is 2. The van der Waals surface area contributed by atoms with Gasteiger partial charge in [-0.05, 0) is 33.2 Å². The monoisotopic (exact) mass is 253 g/mol. The first kappa shape index (κ1) is 15.7. The second-order valence-corrected chi connectivity index (χ2v) is 6.57. The number of nitrogens with zero attached hydrogens (tertiary/aromatic N) is 1. The lowest BCUT2D eigenvalue weighted by molar-refractivity contribution is -0.128. The molecule has 1 atom stereocenters. The first-order chi connectivity index (χ1) is 8.43. The molecule has 0 unspecified atom stereocenters. The van der Waals surface area contributed by atoms with E-state index in [1.54, 1.807) is 0 Å². The number of carbonyl (C=O) groups excluding carboxylic acids is 1. The van der Waals surface area contributed by atoms with E-state index in [0.29, 0.717) is 11.8 Å². The Balaban J connectivity index is 2.67. The maximum atomic E-state index is 12.4. The zero-order chi connectivity index (χ0) is 13.7. The molecule has 18 heavy (non-hydrogen) atoms. The van der Waals surface area contributed by atoms with Crippen molar-refractivity contribution in [3.8, 4) is 0 Å². The summed E-state index contributed by atoms with van der Waals surface area (Å²) in [7, 11) is 2.11. The fourth-order valence-electron chi connectivity index (χ4n) is 2.97. The number of Topliss-reactive ketones (excluding diaryl/α,β-unsaturated/α-hetero) is 1. The van der Waals surface area contributed by atoms with E-state index in [-0.39, 0.29) is 12.0 Å². The van der Waals surface area contributed by atoms with E-state index < -0.39 is 0 Å². The number of ketones is 1. The summed E-state index contributed by atoms with van der Waals surface area (Å²) in [5.41, 5.74) is 0. The summed E-state index contributed by atoms with van der Waals surface area (Å²) in [6.07, 6.45) is 7.84. The van der Waals surface area contributed by atoms with Gasteiger partial charge < -0.3 is 0 Å². The highest BCUT2D eigenvalue weighted by Gasteiger charge is 2.29. The van der Waals surface area contributed by atoms with Crippen molar-refractivity contribution in [1.29, 1.82) is 0 Å². The molecule has 1 rings (SSSR count). The summed E-state index contributed by atoms with van der Waals surface area (Å²) in [6.45, 7) is 8.43. The van der Waals surface area contributed by atoms with Crippen LogP contribution in [0.15, 0.2) is 0 Å². The van der Waals surface area contributed by atoms with Crippen LogP contribution in [0.4, 0.5) is 0 Å². The molecule has 0 aromatic rings. The smallest absolute Gasteiger partial charge is 0.152 e. The maximum Gasteiger partial charge on any atom is 0.152 e. The Bertz CT molecular complexity index is 254. The Morgan fingerprint density at radius 3 is 2.11 bits per heavy atom. The van der Waals surface area contributed by atoms with Crippen LogP contribution in [0.3, 0.4) is 0 Å². The fourth-order valence-corrected chi connectivity index (χ4v) is 2.97. The van der Waals surface area contributed by atoms with Gasteiger partial charge >= 0.3 is 0 Å². The third-order valence-corrected chi connectivity index (χ3v) is 4.48. The molecule has 0 amide bonds. The molecule has 2 heteroatoms. The van der Waals surface area contributed by atoms with Gasteiger partial charge in [0.25, 0.3) is 0 Å². The predicted molar refractivity (Wildman–Crippen MR) is 77.7 cm³/mol. The van der Waals surface area contributed by atoms with Crippen LogP contribution >= 0.6 is 0 Å². The summed E-state index contributed by atoms with van der Waals surface area (Å²) < 4.78 is 0. The van der Waals surface area contributed by atoms with Crippen molar-refractivity contribution in [2.45, 2.75) is 78.3 Å². The molecular weight excluding hydrogens is 222 g/mol. The van der Waals surface area contributed by atoms with Gasteiger partial charge in [-0.25, -0.2) is 0 Å². The zero-order valence-electron chi connectivity index (χ0n) is 12.9. The summed E-state index contributed by atoms with van der Waals surface area (Å²) in [5, 5.41) is 0. The predicted octanol–water partition coefficient (Wildman–Crippen LogP) is 3.89. The second kappa shape index (κ2) is 7.28. The Kier molecular flexibility index (Phi) is 6.34. The Morgan fingerprint density at radius 1 is 1.11 bits per heavy atom. The normalized spacial score (nSPS) is 19.8. The molecule has 0 saturated heterocycles. The van der Waals surface area contributed by atoms with Gasteiger partial charge in [-0.1, -0.05) is 46.0 Å². The molecule has 106 valence electrons. The van der Waals surface area contributed by atoms with Crippen molar-refractivity contribution >= 4 is 5.78 Å². The number of rotatable bonds is 6. The van der Waals surface area contributed by atoms with Crippen LogP contribution < -0.4 is 0 Å². The Labute approximate surface area is 113 Å². The van der Waals surface area contributed by atoms with Crippen LogP contribution in [0.25, 0.3) is 0 Å². The van der Waals surface area contributed by atoms with Gasteiger partial charge in [0.2, 0.25) is 0 Å². The molecule has 0 spiro atoms. The van der Waals surface area contributed by atoms with Gasteiger partial charge in [0.1, 0.15) is 0 Å². The lowest BCUT2D eigenvalue weighted by Gasteiger charge is -2.35. The molecule has 0 aromatic carbocycles. The van der Waals surface area contributed by atoms with Crippen LogP contribution in [0.1, 0.15) is 66.2 Å². The molecule has 1 aliphatic carbocycles. The van der Waals surface area contributed by atoms with Crippen molar-refractivity contribution in [2.24, 2.45) is 11.8 Å². The highest BCUT2D eigenvalue weighted by atomic mass is 16.1. The van der Waals surface area contributed by atoms with E-state index in [1.165, 1.54) is 32.1 Å². The molecule has 0 aromatic heterocycles. The molecule has 1 aliphatic rings. The van der Waals surface area contributed by atoms with Crippen LogP contribution in [-0.4, -0.2) is 29.8 Å². The minimum atomic E-state index is 0.132. The molecule has 0 N–H and O–H groups in total. The number of carbonyl (C=O) groups is 1. The van der Waals surface area contributed by atoms with Gasteiger partial charge in [-0.3, -0.25) is 9.69 Å². The largest absolute Gasteiger partial charge is 0.298 e. The first-order valence-corrected chi connectivity index (χ1v) is 7.69. The van der Waals surface area contributed by atoms with E-state index >= 15 is 0 Å². The number of likely N-dealkylation sites (N-methyl/N-ethyl adjacent to an activating group) is 1. The SMILES string of the molecule is CC(C)C(=O)[C@H](CC1CCCCC1)N(C)C(C)C. The summed E-state index contributed by atoms with van der Waals surface area (Å²) in [6, 6.07) is 0.578. The summed E-state index contributed by atoms with van der Waals surface area (Å²) in [4.78, 5) is 14.7. The molecule has 2 nitrogen and oxygen atoms in total. The van der Waals surface area contributed by atoms with E-state index in [4.69, 9.17) is 0 Å². The van der Waals surface area contributed by atoms with Crippen molar-refractivity contribution < 1.29 is 4.79 Å². The van der Waals surface area contributed by atoms with Crippen LogP contribution in [0, 0.1) is 11.8 Å². The second-order valence-electron chi connectivity index (χ2n) is 6.57. The maximum absolute atomic E-state index is 12.4. The standard InChI is InChI=1S/C16H31NO/c1-12(2)16(18)15(17(5)13(3)4)11-14-9-7-6-8-10-14/h12-15H,6-11H2,1-5H3/t15-/m0/s1. The average Bonchev–Trinajstić information content (AvgIpc) is 2.35. The number of hydrogen-bond donors (Lipinski definition) is 0. The van der Waals surface area contributed by atoms with E-state index in [0.717, 1.165) is 12.3 Å². The van der Waals surface area contributed by atoms with E-state index in [1.807, 2.05) is 13.8 Å². The van der Waals surface area contributed by atoms with Crippen LogP contribution in [0.2, 0.25) is 0 Å². The van der Waals surface area contributed by atoms with Gasteiger partial charge in [0, 0.05) is 12.0 Å². The lowest BCUT2D eigenvalue weighted by Crippen LogP contribution is -2.45. The lowest BCUT2D eigenvalue weighted by atomic mass is 9.82. The third kappa shape index (κ3) is 4.38. The Hall–Kier alpha value is -0.370. The quantitative estimate of drug-likeness (QED) is 0.716. The zero-order valence-corrected chi connectivity index (χ0v) is 12.9. The highest BCUT2D eigenvalue weighted by Crippen LogP contribution is 2.29. The van der Waals surface area contributed by atoms with Crippen molar-refractivity contribution in [2.75, 3.05) is 7.05 Å². The molecular formula is C16H31NO. The van der Waals surface area contributed by atoms with Gasteiger partial charge in [0.05, 0.1) is 6.04 Å². The van der Waals surface area contributed by atoms with Crippen molar-refractivity contribution in [3.63, 3.8) is 0 Å².